The van der Waals surface area contributed by atoms with Crippen molar-refractivity contribution in [2.45, 2.75) is 25.3 Å². The van der Waals surface area contributed by atoms with Gasteiger partial charge >= 0.3 is 0 Å². The predicted octanol–water partition coefficient (Wildman–Crippen LogP) is 2.00. The molecule has 2 aromatic heterocycles. The van der Waals surface area contributed by atoms with Crippen LogP contribution in [0.3, 0.4) is 0 Å². The third kappa shape index (κ3) is 3.66. The van der Waals surface area contributed by atoms with Crippen molar-refractivity contribution in [1.82, 2.24) is 25.6 Å². The van der Waals surface area contributed by atoms with Crippen molar-refractivity contribution in [3.63, 3.8) is 0 Å². The minimum atomic E-state index is -0.452. The van der Waals surface area contributed by atoms with E-state index in [9.17, 15) is 9.59 Å². The first kappa shape index (κ1) is 18.0. The molecule has 1 aliphatic rings. The average molecular weight is 379 g/mol. The molecule has 2 heterocycles. The molecule has 1 aromatic carbocycles. The normalized spacial score (nSPS) is 15.7. The Morgan fingerprint density at radius 3 is 2.93 bits per heavy atom. The molecular formula is C20H21N5O3. The first-order valence-electron chi connectivity index (χ1n) is 9.22. The van der Waals surface area contributed by atoms with Crippen molar-refractivity contribution in [1.29, 1.82) is 0 Å². The van der Waals surface area contributed by atoms with E-state index in [0.717, 1.165) is 36.1 Å². The largest absolute Gasteiger partial charge is 0.355 e. The number of nitrogens with one attached hydrogen (secondary N) is 2. The number of fused-ring (bicyclic) bond motifs is 1. The molecule has 0 spiro atoms. The minimum absolute atomic E-state index is 0.0708. The molecule has 1 unspecified atom stereocenters. The maximum Gasteiger partial charge on any atom is 0.273 e. The van der Waals surface area contributed by atoms with Gasteiger partial charge in [-0.2, -0.15) is 5.10 Å². The van der Waals surface area contributed by atoms with Crippen LogP contribution in [0.1, 0.15) is 40.6 Å². The van der Waals surface area contributed by atoms with Gasteiger partial charge in [0, 0.05) is 29.9 Å². The second kappa shape index (κ2) is 7.67. The first-order valence-corrected chi connectivity index (χ1v) is 9.22. The highest BCUT2D eigenvalue weighted by atomic mass is 16.5. The van der Waals surface area contributed by atoms with Crippen LogP contribution in [0, 0.1) is 0 Å². The molecule has 0 aliphatic heterocycles. The van der Waals surface area contributed by atoms with Gasteiger partial charge in [-0.05, 0) is 19.3 Å². The van der Waals surface area contributed by atoms with Crippen LogP contribution in [0.25, 0.3) is 11.3 Å². The van der Waals surface area contributed by atoms with E-state index in [1.807, 2.05) is 42.1 Å². The molecule has 28 heavy (non-hydrogen) atoms. The second-order valence-corrected chi connectivity index (χ2v) is 6.81. The van der Waals surface area contributed by atoms with Gasteiger partial charge in [-0.3, -0.25) is 14.3 Å². The second-order valence-electron chi connectivity index (χ2n) is 6.81. The van der Waals surface area contributed by atoms with Gasteiger partial charge in [0.15, 0.2) is 11.5 Å². The lowest BCUT2D eigenvalue weighted by Crippen LogP contribution is -2.39. The molecule has 1 atom stereocenters. The Morgan fingerprint density at radius 1 is 1.29 bits per heavy atom. The fourth-order valence-corrected chi connectivity index (χ4v) is 3.47. The van der Waals surface area contributed by atoms with Crippen LogP contribution in [-0.2, 0) is 18.3 Å². The number of amides is 2. The fraction of sp³-hybridized carbons (Fsp3) is 0.300. The summed E-state index contributed by atoms with van der Waals surface area (Å²) in [6.45, 7) is -0.127. The van der Waals surface area contributed by atoms with Crippen molar-refractivity contribution in [3.05, 3.63) is 59.5 Å². The molecule has 2 N–H and O–H groups in total. The summed E-state index contributed by atoms with van der Waals surface area (Å²) < 4.78 is 7.07. The lowest BCUT2D eigenvalue weighted by molar-refractivity contribution is -0.121. The molecule has 0 saturated carbocycles. The summed E-state index contributed by atoms with van der Waals surface area (Å²) in [5, 5.41) is 13.6. The number of nitrogens with zero attached hydrogens (tertiary/aromatic N) is 3. The monoisotopic (exact) mass is 379 g/mol. The summed E-state index contributed by atoms with van der Waals surface area (Å²) >= 11 is 0. The van der Waals surface area contributed by atoms with Gasteiger partial charge in [-0.1, -0.05) is 35.5 Å². The van der Waals surface area contributed by atoms with Gasteiger partial charge < -0.3 is 15.2 Å². The zero-order chi connectivity index (χ0) is 19.5. The van der Waals surface area contributed by atoms with Crippen molar-refractivity contribution < 1.29 is 14.1 Å². The fourth-order valence-electron chi connectivity index (χ4n) is 3.47. The number of carbonyl (C=O) groups is 2. The average Bonchev–Trinajstić information content (AvgIpc) is 3.35. The van der Waals surface area contributed by atoms with Gasteiger partial charge in [-0.25, -0.2) is 0 Å². The summed E-state index contributed by atoms with van der Waals surface area (Å²) in [7, 11) is 1.91. The van der Waals surface area contributed by atoms with Gasteiger partial charge in [0.1, 0.15) is 0 Å². The van der Waals surface area contributed by atoms with Gasteiger partial charge in [-0.15, -0.1) is 0 Å². The van der Waals surface area contributed by atoms with Gasteiger partial charge in [0.25, 0.3) is 5.91 Å². The summed E-state index contributed by atoms with van der Waals surface area (Å²) in [6.07, 6.45) is 4.62. The molecule has 0 saturated heterocycles. The molecule has 0 radical (unpaired) electrons. The maximum atomic E-state index is 12.3. The number of hydrogen-bond acceptors (Lipinski definition) is 5. The molecular weight excluding hydrogens is 358 g/mol. The Kier molecular flexibility index (Phi) is 4.92. The minimum Gasteiger partial charge on any atom is -0.355 e. The summed E-state index contributed by atoms with van der Waals surface area (Å²) in [5.74, 6) is -0.199. The van der Waals surface area contributed by atoms with E-state index in [-0.39, 0.29) is 24.2 Å². The van der Waals surface area contributed by atoms with E-state index >= 15 is 0 Å². The van der Waals surface area contributed by atoms with Crippen molar-refractivity contribution >= 4 is 11.8 Å². The quantitative estimate of drug-likeness (QED) is 0.706. The summed E-state index contributed by atoms with van der Waals surface area (Å²) in [4.78, 5) is 24.6. The molecule has 144 valence electrons. The van der Waals surface area contributed by atoms with E-state index in [1.165, 1.54) is 0 Å². The smallest absolute Gasteiger partial charge is 0.273 e. The lowest BCUT2D eigenvalue weighted by atomic mass is 9.93. The van der Waals surface area contributed by atoms with Crippen molar-refractivity contribution in [2.24, 2.45) is 7.05 Å². The van der Waals surface area contributed by atoms with Crippen LogP contribution in [-0.4, -0.2) is 33.3 Å². The zero-order valence-electron chi connectivity index (χ0n) is 15.5. The van der Waals surface area contributed by atoms with Crippen LogP contribution in [0.4, 0.5) is 0 Å². The highest BCUT2D eigenvalue weighted by molar-refractivity contribution is 5.95. The van der Waals surface area contributed by atoms with Crippen molar-refractivity contribution in [3.8, 4) is 11.3 Å². The number of aryl methyl sites for hydroxylation is 1. The van der Waals surface area contributed by atoms with E-state index in [2.05, 4.69) is 20.9 Å². The molecule has 4 rings (SSSR count). The summed E-state index contributed by atoms with van der Waals surface area (Å²) in [6, 6.07) is 10.9. The van der Waals surface area contributed by atoms with E-state index in [1.54, 1.807) is 12.3 Å². The Morgan fingerprint density at radius 2 is 2.11 bits per heavy atom. The highest BCUT2D eigenvalue weighted by Gasteiger charge is 2.25. The number of rotatable bonds is 5. The third-order valence-electron chi connectivity index (χ3n) is 4.92. The molecule has 0 bridgehead atoms. The SMILES string of the molecule is Cn1ncc2c1CCCC2NC(=O)CNC(=O)c1cc(-c2ccccc2)on1. The number of aromatic nitrogens is 3. The topological polar surface area (TPSA) is 102 Å². The number of hydrogen-bond donors (Lipinski definition) is 2. The Balaban J connectivity index is 1.33. The van der Waals surface area contributed by atoms with Gasteiger partial charge in [0.2, 0.25) is 5.91 Å². The lowest BCUT2D eigenvalue weighted by Gasteiger charge is -2.23. The Bertz CT molecular complexity index is 992. The first-order chi connectivity index (χ1) is 13.6. The molecule has 3 aromatic rings. The molecule has 2 amide bonds. The highest BCUT2D eigenvalue weighted by Crippen LogP contribution is 2.28. The Labute approximate surface area is 161 Å². The van der Waals surface area contributed by atoms with Crippen molar-refractivity contribution in [2.75, 3.05) is 6.54 Å². The zero-order valence-corrected chi connectivity index (χ0v) is 15.5. The third-order valence-corrected chi connectivity index (χ3v) is 4.92. The van der Waals surface area contributed by atoms with E-state index in [4.69, 9.17) is 4.52 Å². The number of benzene rings is 1. The van der Waals surface area contributed by atoms with Gasteiger partial charge in [0.05, 0.1) is 18.8 Å². The molecule has 1 aliphatic carbocycles. The standard InChI is InChI=1S/C20H21N5O3/c1-25-17-9-5-8-15(14(17)11-22-25)23-19(26)12-21-20(27)16-10-18(28-24-16)13-6-3-2-4-7-13/h2-4,6-7,10-11,15H,5,8-9,12H2,1H3,(H,21,27)(H,23,26). The molecule has 8 nitrogen and oxygen atoms in total. The number of carbonyl (C=O) groups excluding carboxylic acids is 2. The van der Waals surface area contributed by atoms with E-state index < -0.39 is 5.91 Å². The summed E-state index contributed by atoms with van der Waals surface area (Å²) in [5.41, 5.74) is 3.17. The van der Waals surface area contributed by atoms with E-state index in [0.29, 0.717) is 5.76 Å². The maximum absolute atomic E-state index is 12.3. The van der Waals surface area contributed by atoms with Crippen LogP contribution >= 0.6 is 0 Å². The molecule has 8 heteroatoms. The van der Waals surface area contributed by atoms with Crippen LogP contribution < -0.4 is 10.6 Å². The molecule has 0 fully saturated rings. The van der Waals surface area contributed by atoms with Crippen LogP contribution in [0.2, 0.25) is 0 Å². The van der Waals surface area contributed by atoms with Crippen LogP contribution in [0.5, 0.6) is 0 Å². The predicted molar refractivity (Wildman–Crippen MR) is 101 cm³/mol. The Hall–Kier alpha value is -3.42. The van der Waals surface area contributed by atoms with Crippen LogP contribution in [0.15, 0.2) is 47.1 Å².